The number of aromatic nitrogens is 2. The summed E-state index contributed by atoms with van der Waals surface area (Å²) in [5, 5.41) is 8.95. The second-order valence-corrected chi connectivity index (χ2v) is 7.52. The van der Waals surface area contributed by atoms with Crippen LogP contribution in [0.2, 0.25) is 10.0 Å². The van der Waals surface area contributed by atoms with Gasteiger partial charge in [-0.15, -0.1) is 0 Å². The molecule has 1 aromatic heterocycles. The van der Waals surface area contributed by atoms with Gasteiger partial charge in [0.05, 0.1) is 10.0 Å². The molecule has 0 saturated heterocycles. The van der Waals surface area contributed by atoms with Crippen LogP contribution in [0.5, 0.6) is 17.2 Å². The van der Waals surface area contributed by atoms with E-state index in [2.05, 4.69) is 0 Å². The number of hydrogen-bond donors (Lipinski definition) is 0. The molecule has 4 rings (SSSR count). The van der Waals surface area contributed by atoms with Crippen LogP contribution >= 0.6 is 23.2 Å². The summed E-state index contributed by atoms with van der Waals surface area (Å²) >= 11 is 12.6. The molecule has 0 atom stereocenters. The van der Waals surface area contributed by atoms with Gasteiger partial charge in [0.1, 0.15) is 28.9 Å². The van der Waals surface area contributed by atoms with E-state index in [0.717, 1.165) is 12.8 Å². The molecule has 30 heavy (non-hydrogen) atoms. The fourth-order valence-corrected chi connectivity index (χ4v) is 3.91. The number of fused-ring (bicyclic) bond motifs is 1. The molecule has 6 nitrogen and oxygen atoms in total. The number of ether oxygens (including phenoxy) is 2. The van der Waals surface area contributed by atoms with E-state index < -0.39 is 11.5 Å². The molecule has 3 aromatic rings. The highest BCUT2D eigenvalue weighted by molar-refractivity contribution is 6.37. The third-order valence-electron chi connectivity index (χ3n) is 4.81. The van der Waals surface area contributed by atoms with Crippen LogP contribution in [0.3, 0.4) is 0 Å². The van der Waals surface area contributed by atoms with Crippen LogP contribution in [0.25, 0.3) is 11.1 Å². The molecule has 0 amide bonds. The summed E-state index contributed by atoms with van der Waals surface area (Å²) in [5.74, 6) is 0.577. The van der Waals surface area contributed by atoms with Gasteiger partial charge in [-0.2, -0.15) is 9.65 Å². The lowest BCUT2D eigenvalue weighted by molar-refractivity contribution is 0.310. The van der Waals surface area contributed by atoms with Gasteiger partial charge in [0.2, 0.25) is 5.95 Å². The van der Waals surface area contributed by atoms with Crippen LogP contribution < -0.4 is 15.0 Å². The van der Waals surface area contributed by atoms with Gasteiger partial charge in [-0.05, 0) is 49.2 Å². The smallest absolute Gasteiger partial charge is 0.277 e. The van der Waals surface area contributed by atoms with Crippen LogP contribution in [0.1, 0.15) is 12.8 Å². The minimum atomic E-state index is -0.617. The largest absolute Gasteiger partial charge is 0.479 e. The number of nitrogens with zero attached hydrogens (tertiary/aromatic N) is 3. The Kier molecular flexibility index (Phi) is 5.71. The maximum atomic E-state index is 15.0. The second-order valence-electron chi connectivity index (χ2n) is 6.71. The number of benzene rings is 2. The minimum Gasteiger partial charge on any atom is -0.479 e. The summed E-state index contributed by atoms with van der Waals surface area (Å²) in [7, 11) is 0. The molecular formula is C21H16Cl2FN3O3. The first-order chi connectivity index (χ1) is 14.5. The topological polar surface area (TPSA) is 69.2 Å². The van der Waals surface area contributed by atoms with Crippen molar-refractivity contribution in [1.29, 1.82) is 5.26 Å². The van der Waals surface area contributed by atoms with Gasteiger partial charge in [0, 0.05) is 18.7 Å². The van der Waals surface area contributed by atoms with Gasteiger partial charge in [-0.3, -0.25) is 9.48 Å². The molecule has 0 spiro atoms. The van der Waals surface area contributed by atoms with Crippen LogP contribution in [0.4, 0.5) is 4.39 Å². The summed E-state index contributed by atoms with van der Waals surface area (Å²) < 4.78 is 28.8. The fraction of sp³-hybridized carbons (Fsp3) is 0.238. The Hall–Kier alpha value is -2.95. The van der Waals surface area contributed by atoms with E-state index in [1.165, 1.54) is 21.5 Å². The molecule has 0 aliphatic carbocycles. The van der Waals surface area contributed by atoms with Crippen molar-refractivity contribution >= 4 is 23.2 Å². The number of nitriles is 1. The molecule has 1 aliphatic rings. The average Bonchev–Trinajstić information content (AvgIpc) is 3.00. The van der Waals surface area contributed by atoms with Crippen molar-refractivity contribution in [2.75, 3.05) is 6.61 Å². The summed E-state index contributed by atoms with van der Waals surface area (Å²) in [6, 6.07) is 11.4. The highest BCUT2D eigenvalue weighted by atomic mass is 35.5. The van der Waals surface area contributed by atoms with E-state index >= 15 is 4.39 Å². The maximum absolute atomic E-state index is 15.0. The SMILES string of the molecule is N#CCOc1ccc(Oc2cc(-c3c(F)n4n(c3=O)CCCC4)c(Cl)cc2Cl)cc1. The van der Waals surface area contributed by atoms with E-state index in [1.54, 1.807) is 24.3 Å². The van der Waals surface area contributed by atoms with E-state index in [9.17, 15) is 4.79 Å². The normalized spacial score (nSPS) is 12.9. The lowest BCUT2D eigenvalue weighted by Crippen LogP contribution is -2.27. The van der Waals surface area contributed by atoms with Crippen molar-refractivity contribution in [3.05, 3.63) is 62.7 Å². The van der Waals surface area contributed by atoms with Crippen LogP contribution in [0, 0.1) is 17.3 Å². The third kappa shape index (κ3) is 3.76. The van der Waals surface area contributed by atoms with Crippen LogP contribution in [-0.2, 0) is 13.1 Å². The molecule has 0 bridgehead atoms. The first-order valence-electron chi connectivity index (χ1n) is 9.26. The van der Waals surface area contributed by atoms with Gasteiger partial charge >= 0.3 is 0 Å². The zero-order valence-corrected chi connectivity index (χ0v) is 17.2. The summed E-state index contributed by atoms with van der Waals surface area (Å²) in [4.78, 5) is 12.8. The number of halogens is 3. The summed E-state index contributed by atoms with van der Waals surface area (Å²) in [6.45, 7) is 0.843. The van der Waals surface area contributed by atoms with Crippen LogP contribution in [-0.4, -0.2) is 16.0 Å². The first-order valence-corrected chi connectivity index (χ1v) is 10.0. The molecular weight excluding hydrogens is 432 g/mol. The zero-order chi connectivity index (χ0) is 21.3. The van der Waals surface area contributed by atoms with E-state index in [-0.39, 0.29) is 33.5 Å². The third-order valence-corrected chi connectivity index (χ3v) is 5.42. The molecule has 0 radical (unpaired) electrons. The fourth-order valence-electron chi connectivity index (χ4n) is 3.40. The Morgan fingerprint density at radius 1 is 1.03 bits per heavy atom. The molecule has 0 N–H and O–H groups in total. The molecule has 0 saturated carbocycles. The van der Waals surface area contributed by atoms with Crippen molar-refractivity contribution in [3.63, 3.8) is 0 Å². The average molecular weight is 448 g/mol. The Bertz CT molecular complexity index is 1200. The Labute approximate surface area is 181 Å². The minimum absolute atomic E-state index is 0.0602. The zero-order valence-electron chi connectivity index (χ0n) is 15.7. The number of rotatable bonds is 5. The Morgan fingerprint density at radius 2 is 1.70 bits per heavy atom. The Balaban J connectivity index is 1.70. The predicted molar refractivity (Wildman–Crippen MR) is 111 cm³/mol. The maximum Gasteiger partial charge on any atom is 0.277 e. The first kappa shape index (κ1) is 20.3. The van der Waals surface area contributed by atoms with Crippen LogP contribution in [0.15, 0.2) is 41.2 Å². The second kappa shape index (κ2) is 8.42. The van der Waals surface area contributed by atoms with Gasteiger partial charge < -0.3 is 9.47 Å². The molecule has 2 aromatic carbocycles. The molecule has 2 heterocycles. The molecule has 1 aliphatic heterocycles. The van der Waals surface area contributed by atoms with E-state index in [0.29, 0.717) is 24.6 Å². The molecule has 0 unspecified atom stereocenters. The standard InChI is InChI=1S/C21H16Cl2FN3O3/c22-16-12-17(23)18(30-14-5-3-13(4-6-14)29-10-7-25)11-15(16)19-20(24)26-8-1-2-9-27(26)21(19)28/h3-6,11-12H,1-2,8-10H2. The molecule has 154 valence electrons. The van der Waals surface area contributed by atoms with E-state index in [1.807, 2.05) is 6.07 Å². The van der Waals surface area contributed by atoms with Crippen molar-refractivity contribution < 1.29 is 13.9 Å². The summed E-state index contributed by atoms with van der Waals surface area (Å²) in [5.41, 5.74) is -0.299. The highest BCUT2D eigenvalue weighted by Gasteiger charge is 2.26. The van der Waals surface area contributed by atoms with E-state index in [4.69, 9.17) is 37.9 Å². The highest BCUT2D eigenvalue weighted by Crippen LogP contribution is 2.39. The van der Waals surface area contributed by atoms with Crippen molar-refractivity contribution in [1.82, 2.24) is 9.36 Å². The van der Waals surface area contributed by atoms with Crippen molar-refractivity contribution in [3.8, 4) is 34.4 Å². The van der Waals surface area contributed by atoms with Gasteiger partial charge in [-0.25, -0.2) is 4.68 Å². The Morgan fingerprint density at radius 3 is 2.37 bits per heavy atom. The van der Waals surface area contributed by atoms with Crippen molar-refractivity contribution in [2.24, 2.45) is 0 Å². The van der Waals surface area contributed by atoms with Gasteiger partial charge in [-0.1, -0.05) is 23.2 Å². The predicted octanol–water partition coefficient (Wildman–Crippen LogP) is 5.25. The number of hydrogen-bond acceptors (Lipinski definition) is 4. The van der Waals surface area contributed by atoms with Gasteiger partial charge in [0.15, 0.2) is 6.61 Å². The van der Waals surface area contributed by atoms with Gasteiger partial charge in [0.25, 0.3) is 5.56 Å². The molecule has 0 fully saturated rings. The molecule has 9 heteroatoms. The lowest BCUT2D eigenvalue weighted by Gasteiger charge is -2.16. The lowest BCUT2D eigenvalue weighted by atomic mass is 10.1. The monoisotopic (exact) mass is 447 g/mol. The summed E-state index contributed by atoms with van der Waals surface area (Å²) in [6.07, 6.45) is 1.63. The quantitative estimate of drug-likeness (QED) is 0.535. The van der Waals surface area contributed by atoms with Crippen molar-refractivity contribution in [2.45, 2.75) is 25.9 Å².